The van der Waals surface area contributed by atoms with E-state index in [0.29, 0.717) is 11.1 Å². The molecule has 0 amide bonds. The third-order valence-corrected chi connectivity index (χ3v) is 2.31. The van der Waals surface area contributed by atoms with Crippen LogP contribution in [0.3, 0.4) is 0 Å². The van der Waals surface area contributed by atoms with Crippen LogP contribution in [0.5, 0.6) is 0 Å². The number of aryl methyl sites for hydroxylation is 2. The lowest BCUT2D eigenvalue weighted by atomic mass is 10.1. The highest BCUT2D eigenvalue weighted by molar-refractivity contribution is 6.32. The van der Waals surface area contributed by atoms with E-state index in [0.717, 1.165) is 0 Å². The maximum atomic E-state index is 12.4. The summed E-state index contributed by atoms with van der Waals surface area (Å²) in [5, 5.41) is 0.185. The van der Waals surface area contributed by atoms with Gasteiger partial charge in [0.15, 0.2) is 0 Å². The molecule has 0 aromatic heterocycles. The number of rotatable bonds is 1. The number of hydrogen-bond acceptors (Lipinski definition) is 0. The van der Waals surface area contributed by atoms with Crippen molar-refractivity contribution in [1.29, 1.82) is 0 Å². The van der Waals surface area contributed by atoms with Crippen molar-refractivity contribution in [3.63, 3.8) is 0 Å². The van der Waals surface area contributed by atoms with Crippen molar-refractivity contribution in [3.8, 4) is 0 Å². The molecule has 0 bridgehead atoms. The summed E-state index contributed by atoms with van der Waals surface area (Å²) in [6, 6.07) is 3.40. The predicted molar refractivity (Wildman–Crippen MR) is 45.9 cm³/mol. The van der Waals surface area contributed by atoms with Gasteiger partial charge >= 0.3 is 0 Å². The van der Waals surface area contributed by atoms with Crippen LogP contribution in [0.1, 0.15) is 23.1 Å². The van der Waals surface area contributed by atoms with Crippen molar-refractivity contribution in [2.75, 3.05) is 0 Å². The van der Waals surface area contributed by atoms with Crippen LogP contribution in [0.15, 0.2) is 12.1 Å². The molecule has 0 atom stereocenters. The SMILES string of the molecule is Cc1ccc(C)c(C(F)F)c1Cl. The molecule has 0 aliphatic heterocycles. The van der Waals surface area contributed by atoms with Gasteiger partial charge in [0.05, 0.1) is 5.02 Å². The van der Waals surface area contributed by atoms with Crippen molar-refractivity contribution in [2.24, 2.45) is 0 Å². The maximum absolute atomic E-state index is 12.4. The number of benzene rings is 1. The van der Waals surface area contributed by atoms with Crippen LogP contribution in [-0.2, 0) is 0 Å². The summed E-state index contributed by atoms with van der Waals surface area (Å²) in [4.78, 5) is 0. The zero-order valence-electron chi connectivity index (χ0n) is 6.87. The minimum absolute atomic E-state index is 0.0448. The van der Waals surface area contributed by atoms with Crippen LogP contribution >= 0.6 is 11.6 Å². The minimum Gasteiger partial charge on any atom is -0.205 e. The second kappa shape index (κ2) is 3.40. The zero-order chi connectivity index (χ0) is 9.30. The summed E-state index contributed by atoms with van der Waals surface area (Å²) >= 11 is 5.71. The fourth-order valence-electron chi connectivity index (χ4n) is 1.07. The van der Waals surface area contributed by atoms with Crippen LogP contribution < -0.4 is 0 Å². The Balaban J connectivity index is 3.33. The Morgan fingerprint density at radius 3 is 2.08 bits per heavy atom. The van der Waals surface area contributed by atoms with E-state index in [2.05, 4.69) is 0 Å². The van der Waals surface area contributed by atoms with Crippen LogP contribution in [0.4, 0.5) is 8.78 Å². The van der Waals surface area contributed by atoms with E-state index in [4.69, 9.17) is 11.6 Å². The predicted octanol–water partition coefficient (Wildman–Crippen LogP) is 3.89. The van der Waals surface area contributed by atoms with Crippen LogP contribution in [-0.4, -0.2) is 0 Å². The lowest BCUT2D eigenvalue weighted by Crippen LogP contribution is -1.92. The summed E-state index contributed by atoms with van der Waals surface area (Å²) in [5.74, 6) is 0. The molecule has 3 heteroatoms. The number of halogens is 3. The van der Waals surface area contributed by atoms with Crippen LogP contribution in [0.2, 0.25) is 5.02 Å². The standard InChI is InChI=1S/C9H9ClF2/c1-5-3-4-6(2)8(10)7(5)9(11)12/h3-4,9H,1-2H3. The second-order valence-corrected chi connectivity index (χ2v) is 3.11. The lowest BCUT2D eigenvalue weighted by Gasteiger charge is -2.08. The van der Waals surface area contributed by atoms with Gasteiger partial charge in [0, 0.05) is 5.56 Å². The molecule has 0 heterocycles. The molecular weight excluding hydrogens is 182 g/mol. The molecular formula is C9H9ClF2. The van der Waals surface area contributed by atoms with Gasteiger partial charge in [-0.25, -0.2) is 8.78 Å². The molecule has 1 aromatic carbocycles. The highest BCUT2D eigenvalue weighted by Gasteiger charge is 2.15. The van der Waals surface area contributed by atoms with E-state index in [9.17, 15) is 8.78 Å². The van der Waals surface area contributed by atoms with Gasteiger partial charge in [0.2, 0.25) is 0 Å². The van der Waals surface area contributed by atoms with E-state index in [-0.39, 0.29) is 10.6 Å². The topological polar surface area (TPSA) is 0 Å². The molecule has 0 aliphatic rings. The lowest BCUT2D eigenvalue weighted by molar-refractivity contribution is 0.150. The number of hydrogen-bond donors (Lipinski definition) is 0. The van der Waals surface area contributed by atoms with E-state index in [1.165, 1.54) is 0 Å². The fraction of sp³-hybridized carbons (Fsp3) is 0.333. The van der Waals surface area contributed by atoms with Gasteiger partial charge in [-0.15, -0.1) is 0 Å². The summed E-state index contributed by atoms with van der Waals surface area (Å²) in [7, 11) is 0. The van der Waals surface area contributed by atoms with Gasteiger partial charge in [-0.3, -0.25) is 0 Å². The maximum Gasteiger partial charge on any atom is 0.265 e. The molecule has 0 N–H and O–H groups in total. The van der Waals surface area contributed by atoms with Crippen molar-refractivity contribution in [2.45, 2.75) is 20.3 Å². The monoisotopic (exact) mass is 190 g/mol. The van der Waals surface area contributed by atoms with E-state index in [1.807, 2.05) is 0 Å². The van der Waals surface area contributed by atoms with E-state index < -0.39 is 6.43 Å². The molecule has 0 aliphatic carbocycles. The normalized spacial score (nSPS) is 10.8. The first-order valence-corrected chi connectivity index (χ1v) is 3.95. The smallest absolute Gasteiger partial charge is 0.205 e. The third-order valence-electron chi connectivity index (χ3n) is 1.81. The van der Waals surface area contributed by atoms with Gasteiger partial charge in [-0.1, -0.05) is 23.7 Å². The molecule has 0 radical (unpaired) electrons. The van der Waals surface area contributed by atoms with Crippen molar-refractivity contribution in [1.82, 2.24) is 0 Å². The van der Waals surface area contributed by atoms with Gasteiger partial charge in [0.1, 0.15) is 0 Å². The van der Waals surface area contributed by atoms with E-state index >= 15 is 0 Å². The Kier molecular flexibility index (Phi) is 2.68. The Bertz CT molecular complexity index is 295. The number of alkyl halides is 2. The van der Waals surface area contributed by atoms with Gasteiger partial charge in [0.25, 0.3) is 6.43 Å². The first kappa shape index (κ1) is 9.46. The van der Waals surface area contributed by atoms with Crippen molar-refractivity contribution in [3.05, 3.63) is 33.8 Å². The van der Waals surface area contributed by atoms with Crippen LogP contribution in [0.25, 0.3) is 0 Å². The van der Waals surface area contributed by atoms with Crippen molar-refractivity contribution < 1.29 is 8.78 Å². The molecule has 0 nitrogen and oxygen atoms in total. The van der Waals surface area contributed by atoms with Gasteiger partial charge in [-0.05, 0) is 25.0 Å². The largest absolute Gasteiger partial charge is 0.265 e. The average Bonchev–Trinajstić information content (AvgIpc) is 1.97. The summed E-state index contributed by atoms with van der Waals surface area (Å²) in [6.07, 6.45) is -2.49. The third kappa shape index (κ3) is 1.58. The molecule has 0 unspecified atom stereocenters. The van der Waals surface area contributed by atoms with E-state index in [1.54, 1.807) is 26.0 Å². The molecule has 0 saturated heterocycles. The Labute approximate surface area is 75.2 Å². The fourth-order valence-corrected chi connectivity index (χ4v) is 1.36. The van der Waals surface area contributed by atoms with Crippen molar-refractivity contribution >= 4 is 11.6 Å². The molecule has 0 fully saturated rings. The Hall–Kier alpha value is -0.630. The second-order valence-electron chi connectivity index (χ2n) is 2.73. The Morgan fingerprint density at radius 2 is 1.67 bits per heavy atom. The average molecular weight is 191 g/mol. The Morgan fingerprint density at radius 1 is 1.17 bits per heavy atom. The molecule has 0 spiro atoms. The highest BCUT2D eigenvalue weighted by Crippen LogP contribution is 2.31. The summed E-state index contributed by atoms with van der Waals surface area (Å²) in [6.45, 7) is 3.35. The quantitative estimate of drug-likeness (QED) is 0.630. The molecule has 12 heavy (non-hydrogen) atoms. The van der Waals surface area contributed by atoms with Crippen LogP contribution in [0, 0.1) is 13.8 Å². The molecule has 1 rings (SSSR count). The first-order valence-electron chi connectivity index (χ1n) is 3.57. The highest BCUT2D eigenvalue weighted by atomic mass is 35.5. The van der Waals surface area contributed by atoms with Gasteiger partial charge < -0.3 is 0 Å². The minimum atomic E-state index is -2.49. The summed E-state index contributed by atoms with van der Waals surface area (Å²) < 4.78 is 24.8. The zero-order valence-corrected chi connectivity index (χ0v) is 7.62. The molecule has 0 saturated carbocycles. The molecule has 1 aromatic rings. The molecule has 66 valence electrons. The van der Waals surface area contributed by atoms with Gasteiger partial charge in [-0.2, -0.15) is 0 Å². The first-order chi connectivity index (χ1) is 5.54. The summed E-state index contributed by atoms with van der Waals surface area (Å²) in [5.41, 5.74) is 1.19.